The minimum absolute atomic E-state index is 0.186. The van der Waals surface area contributed by atoms with Crippen LogP contribution in [0.15, 0.2) is 40.6 Å². The van der Waals surface area contributed by atoms with Crippen LogP contribution in [0.1, 0.15) is 23.4 Å². The summed E-state index contributed by atoms with van der Waals surface area (Å²) in [4.78, 5) is 0.981. The number of halogens is 1. The first-order valence-corrected chi connectivity index (χ1v) is 8.34. The fourth-order valence-electron chi connectivity index (χ4n) is 1.75. The molecule has 0 radical (unpaired) electrons. The normalized spacial score (nSPS) is 13.3. The van der Waals surface area contributed by atoms with Crippen LogP contribution in [-0.4, -0.2) is 8.42 Å². The maximum Gasteiger partial charge on any atom is 0.241 e. The van der Waals surface area contributed by atoms with Gasteiger partial charge >= 0.3 is 0 Å². The third-order valence-corrected chi connectivity index (χ3v) is 5.45. The molecule has 20 heavy (non-hydrogen) atoms. The van der Waals surface area contributed by atoms with Crippen molar-refractivity contribution in [2.24, 2.45) is 5.73 Å². The average Bonchev–Trinajstić information content (AvgIpc) is 2.87. The Hall–Kier alpha value is -1.28. The highest BCUT2D eigenvalue weighted by atomic mass is 32.2. The second kappa shape index (κ2) is 6.01. The van der Waals surface area contributed by atoms with Gasteiger partial charge in [-0.3, -0.25) is 0 Å². The van der Waals surface area contributed by atoms with Crippen molar-refractivity contribution in [1.82, 2.24) is 4.72 Å². The lowest BCUT2D eigenvalue weighted by molar-refractivity contribution is 0.565. The third kappa shape index (κ3) is 3.43. The van der Waals surface area contributed by atoms with Crippen LogP contribution >= 0.6 is 11.3 Å². The lowest BCUT2D eigenvalue weighted by atomic mass is 10.1. The summed E-state index contributed by atoms with van der Waals surface area (Å²) in [6, 6.07) is 6.88. The number of sulfonamides is 1. The van der Waals surface area contributed by atoms with Gasteiger partial charge in [-0.15, -0.1) is 11.3 Å². The number of nitrogens with two attached hydrogens (primary N) is 1. The number of nitrogens with one attached hydrogen (secondary N) is 1. The van der Waals surface area contributed by atoms with Crippen LogP contribution in [0, 0.1) is 5.82 Å². The van der Waals surface area contributed by atoms with Gasteiger partial charge in [0.1, 0.15) is 5.82 Å². The van der Waals surface area contributed by atoms with Crippen LogP contribution in [0.25, 0.3) is 0 Å². The molecule has 1 aromatic heterocycles. The standard InChI is InChI=1S/C13H15FN2O2S2/c1-9(10-3-2-4-11(14)5-10)16-20(17,18)13-6-12(7-15)19-8-13/h2-6,8-9,16H,7,15H2,1H3. The zero-order valence-electron chi connectivity index (χ0n) is 10.8. The molecule has 4 nitrogen and oxygen atoms in total. The van der Waals surface area contributed by atoms with E-state index in [0.717, 1.165) is 4.88 Å². The molecule has 0 amide bonds. The SMILES string of the molecule is CC(NS(=O)(=O)c1csc(CN)c1)c1cccc(F)c1. The molecule has 0 aliphatic heterocycles. The van der Waals surface area contributed by atoms with Crippen molar-refractivity contribution in [2.45, 2.75) is 24.4 Å². The highest BCUT2D eigenvalue weighted by Gasteiger charge is 2.19. The van der Waals surface area contributed by atoms with E-state index >= 15 is 0 Å². The van der Waals surface area contributed by atoms with Crippen molar-refractivity contribution >= 4 is 21.4 Å². The number of thiophene rings is 1. The van der Waals surface area contributed by atoms with Gasteiger partial charge in [-0.1, -0.05) is 12.1 Å². The largest absolute Gasteiger partial charge is 0.326 e. The lowest BCUT2D eigenvalue weighted by Gasteiger charge is -2.14. The van der Waals surface area contributed by atoms with Gasteiger partial charge < -0.3 is 5.73 Å². The maximum absolute atomic E-state index is 13.1. The fourth-order valence-corrected chi connectivity index (χ4v) is 4.14. The molecule has 1 heterocycles. The van der Waals surface area contributed by atoms with Gasteiger partial charge in [0.25, 0.3) is 0 Å². The molecule has 0 bridgehead atoms. The second-order valence-corrected chi connectivity index (χ2v) is 7.06. The van der Waals surface area contributed by atoms with Gasteiger partial charge in [-0.05, 0) is 30.7 Å². The topological polar surface area (TPSA) is 72.2 Å². The average molecular weight is 314 g/mol. The molecule has 1 unspecified atom stereocenters. The Balaban J connectivity index is 2.19. The third-order valence-electron chi connectivity index (χ3n) is 2.82. The Morgan fingerprint density at radius 2 is 2.15 bits per heavy atom. The van der Waals surface area contributed by atoms with Gasteiger partial charge in [0.2, 0.25) is 10.0 Å². The Labute approximate surface area is 121 Å². The number of benzene rings is 1. The van der Waals surface area contributed by atoms with Crippen molar-refractivity contribution in [3.63, 3.8) is 0 Å². The molecule has 2 rings (SSSR count). The molecular weight excluding hydrogens is 299 g/mol. The van der Waals surface area contributed by atoms with Crippen LogP contribution in [0.3, 0.4) is 0 Å². The van der Waals surface area contributed by atoms with E-state index in [1.807, 2.05) is 0 Å². The van der Waals surface area contributed by atoms with Crippen LogP contribution < -0.4 is 10.5 Å². The van der Waals surface area contributed by atoms with Gasteiger partial charge in [-0.25, -0.2) is 17.5 Å². The molecule has 3 N–H and O–H groups in total. The monoisotopic (exact) mass is 314 g/mol. The Kier molecular flexibility index (Phi) is 4.54. The summed E-state index contributed by atoms with van der Waals surface area (Å²) < 4.78 is 40.1. The summed E-state index contributed by atoms with van der Waals surface area (Å²) in [5, 5.41) is 1.54. The summed E-state index contributed by atoms with van der Waals surface area (Å²) in [7, 11) is -3.63. The summed E-state index contributed by atoms with van der Waals surface area (Å²) in [6.07, 6.45) is 0. The molecule has 0 spiro atoms. The molecule has 108 valence electrons. The predicted octanol–water partition coefficient (Wildman–Crippen LogP) is 2.39. The summed E-state index contributed by atoms with van der Waals surface area (Å²) in [6.45, 7) is 1.97. The molecule has 0 saturated carbocycles. The summed E-state index contributed by atoms with van der Waals surface area (Å²) in [5.74, 6) is -0.394. The van der Waals surface area contributed by atoms with Gasteiger partial charge in [0, 0.05) is 22.8 Å². The van der Waals surface area contributed by atoms with Gasteiger partial charge in [-0.2, -0.15) is 0 Å². The molecule has 7 heteroatoms. The smallest absolute Gasteiger partial charge is 0.241 e. The number of rotatable bonds is 5. The fraction of sp³-hybridized carbons (Fsp3) is 0.231. The van der Waals surface area contributed by atoms with E-state index in [0.29, 0.717) is 12.1 Å². The van der Waals surface area contributed by atoms with Crippen LogP contribution in [0.4, 0.5) is 4.39 Å². The zero-order valence-corrected chi connectivity index (χ0v) is 12.5. The second-order valence-electron chi connectivity index (χ2n) is 4.35. The van der Waals surface area contributed by atoms with Crippen LogP contribution in [-0.2, 0) is 16.6 Å². The first kappa shape index (κ1) is 15.1. The van der Waals surface area contributed by atoms with Crippen molar-refractivity contribution in [3.05, 3.63) is 52.0 Å². The van der Waals surface area contributed by atoms with E-state index in [1.54, 1.807) is 30.5 Å². The summed E-state index contributed by atoms with van der Waals surface area (Å²) >= 11 is 1.30. The number of hydrogen-bond acceptors (Lipinski definition) is 4. The molecule has 0 aliphatic rings. The molecule has 1 atom stereocenters. The van der Waals surface area contributed by atoms with Crippen molar-refractivity contribution in [2.75, 3.05) is 0 Å². The summed E-state index contributed by atoms with van der Waals surface area (Å²) in [5.41, 5.74) is 6.04. The zero-order chi connectivity index (χ0) is 14.8. The van der Waals surface area contributed by atoms with E-state index < -0.39 is 21.9 Å². The Morgan fingerprint density at radius 3 is 2.75 bits per heavy atom. The molecule has 0 aliphatic carbocycles. The molecule has 0 saturated heterocycles. The first-order valence-electron chi connectivity index (χ1n) is 5.97. The molecular formula is C13H15FN2O2S2. The number of hydrogen-bond donors (Lipinski definition) is 2. The molecule has 0 fully saturated rings. The van der Waals surface area contributed by atoms with E-state index in [-0.39, 0.29) is 4.90 Å². The van der Waals surface area contributed by atoms with Crippen LogP contribution in [0.2, 0.25) is 0 Å². The molecule has 1 aromatic carbocycles. The van der Waals surface area contributed by atoms with Crippen molar-refractivity contribution in [1.29, 1.82) is 0 Å². The van der Waals surface area contributed by atoms with Gasteiger partial charge in [0.05, 0.1) is 4.90 Å². The lowest BCUT2D eigenvalue weighted by Crippen LogP contribution is -2.26. The van der Waals surface area contributed by atoms with Crippen molar-refractivity contribution in [3.8, 4) is 0 Å². The highest BCUT2D eigenvalue weighted by Crippen LogP contribution is 2.21. The van der Waals surface area contributed by atoms with E-state index in [2.05, 4.69) is 4.72 Å². The minimum Gasteiger partial charge on any atom is -0.326 e. The Morgan fingerprint density at radius 1 is 1.40 bits per heavy atom. The van der Waals surface area contributed by atoms with Gasteiger partial charge in [0.15, 0.2) is 0 Å². The van der Waals surface area contributed by atoms with E-state index in [4.69, 9.17) is 5.73 Å². The van der Waals surface area contributed by atoms with Crippen LogP contribution in [0.5, 0.6) is 0 Å². The highest BCUT2D eigenvalue weighted by molar-refractivity contribution is 7.89. The predicted molar refractivity (Wildman–Crippen MR) is 77.3 cm³/mol. The van der Waals surface area contributed by atoms with E-state index in [9.17, 15) is 12.8 Å². The first-order chi connectivity index (χ1) is 9.42. The minimum atomic E-state index is -3.63. The van der Waals surface area contributed by atoms with Crippen molar-refractivity contribution < 1.29 is 12.8 Å². The Bertz CT molecular complexity index is 698. The maximum atomic E-state index is 13.1. The molecule has 2 aromatic rings. The van der Waals surface area contributed by atoms with E-state index in [1.165, 1.54) is 23.5 Å². The quantitative estimate of drug-likeness (QED) is 0.890.